The van der Waals surface area contributed by atoms with Gasteiger partial charge in [0, 0.05) is 23.5 Å². The summed E-state index contributed by atoms with van der Waals surface area (Å²) in [5, 5.41) is 2.02. The lowest BCUT2D eigenvalue weighted by Gasteiger charge is -1.98. The Bertz CT molecular complexity index is 733. The Kier molecular flexibility index (Phi) is 3.47. The third-order valence-corrected chi connectivity index (χ3v) is 3.91. The number of ether oxygens (including phenoxy) is 1. The molecule has 0 saturated heterocycles. The summed E-state index contributed by atoms with van der Waals surface area (Å²) in [6.45, 7) is 0. The average molecular weight is 287 g/mol. The number of pyridine rings is 1. The number of rotatable bonds is 4. The minimum atomic E-state index is -0.200. The van der Waals surface area contributed by atoms with Gasteiger partial charge in [-0.1, -0.05) is 6.07 Å². The molecular formula is C14H13N3O2S. The first kappa shape index (κ1) is 12.8. The van der Waals surface area contributed by atoms with E-state index in [1.54, 1.807) is 17.5 Å². The van der Waals surface area contributed by atoms with Crippen molar-refractivity contribution in [3.05, 3.63) is 41.7 Å². The Morgan fingerprint density at radius 2 is 2.30 bits per heavy atom. The molecule has 0 fully saturated rings. The first-order valence-corrected chi connectivity index (χ1v) is 7.09. The Labute approximate surface area is 119 Å². The van der Waals surface area contributed by atoms with Crippen molar-refractivity contribution in [2.45, 2.75) is 12.8 Å². The summed E-state index contributed by atoms with van der Waals surface area (Å²) in [4.78, 5) is 21.0. The summed E-state index contributed by atoms with van der Waals surface area (Å²) in [5.41, 5.74) is 2.75. The van der Waals surface area contributed by atoms with Gasteiger partial charge in [-0.25, -0.2) is 4.98 Å². The van der Waals surface area contributed by atoms with Crippen molar-refractivity contribution in [2.75, 3.05) is 7.11 Å². The third kappa shape index (κ3) is 2.42. The molecule has 0 unspecified atom stereocenters. The van der Waals surface area contributed by atoms with Gasteiger partial charge >= 0.3 is 5.97 Å². The molecule has 3 aromatic rings. The van der Waals surface area contributed by atoms with Crippen molar-refractivity contribution in [3.8, 4) is 11.4 Å². The standard InChI is InChI=1S/C14H13N3O2S/c1-19-13(18)6-5-10-9-20-14-16-12(8-17(10)14)11-4-2-3-7-15-11/h2-4,7-9H,5-6H2,1H3. The molecule has 0 radical (unpaired) electrons. The van der Waals surface area contributed by atoms with Crippen molar-refractivity contribution in [2.24, 2.45) is 0 Å². The molecule has 0 aliphatic carbocycles. The SMILES string of the molecule is COC(=O)CCc1csc2nc(-c3ccccn3)cn12. The Balaban J connectivity index is 1.89. The maximum Gasteiger partial charge on any atom is 0.305 e. The summed E-state index contributed by atoms with van der Waals surface area (Å²) < 4.78 is 6.68. The van der Waals surface area contributed by atoms with Crippen molar-refractivity contribution < 1.29 is 9.53 Å². The minimum absolute atomic E-state index is 0.200. The van der Waals surface area contributed by atoms with E-state index in [9.17, 15) is 4.79 Å². The Morgan fingerprint density at radius 3 is 3.05 bits per heavy atom. The molecule has 20 heavy (non-hydrogen) atoms. The topological polar surface area (TPSA) is 56.5 Å². The van der Waals surface area contributed by atoms with Gasteiger partial charge in [-0.05, 0) is 18.6 Å². The largest absolute Gasteiger partial charge is 0.469 e. The van der Waals surface area contributed by atoms with Crippen LogP contribution in [0.4, 0.5) is 0 Å². The number of carbonyl (C=O) groups excluding carboxylic acids is 1. The fourth-order valence-corrected chi connectivity index (χ4v) is 2.89. The molecule has 0 atom stereocenters. The van der Waals surface area contributed by atoms with Gasteiger partial charge in [-0.2, -0.15) is 0 Å². The number of esters is 1. The van der Waals surface area contributed by atoms with Gasteiger partial charge in [0.15, 0.2) is 4.96 Å². The summed E-state index contributed by atoms with van der Waals surface area (Å²) in [6, 6.07) is 5.75. The lowest BCUT2D eigenvalue weighted by Crippen LogP contribution is -2.02. The van der Waals surface area contributed by atoms with E-state index in [4.69, 9.17) is 0 Å². The zero-order valence-corrected chi connectivity index (χ0v) is 11.8. The highest BCUT2D eigenvalue weighted by Crippen LogP contribution is 2.22. The number of carbonyl (C=O) groups is 1. The molecule has 102 valence electrons. The highest BCUT2D eigenvalue weighted by atomic mass is 32.1. The molecule has 0 N–H and O–H groups in total. The summed E-state index contributed by atoms with van der Waals surface area (Å²) in [6.07, 6.45) is 4.73. The van der Waals surface area contributed by atoms with E-state index in [1.165, 1.54) is 7.11 Å². The quantitative estimate of drug-likeness (QED) is 0.692. The summed E-state index contributed by atoms with van der Waals surface area (Å²) >= 11 is 1.56. The monoisotopic (exact) mass is 287 g/mol. The zero-order chi connectivity index (χ0) is 13.9. The van der Waals surface area contributed by atoms with E-state index in [0.717, 1.165) is 22.0 Å². The third-order valence-electron chi connectivity index (χ3n) is 3.02. The van der Waals surface area contributed by atoms with Crippen molar-refractivity contribution in [1.82, 2.24) is 14.4 Å². The van der Waals surface area contributed by atoms with Gasteiger partial charge in [0.1, 0.15) is 5.69 Å². The van der Waals surface area contributed by atoms with Crippen LogP contribution in [-0.4, -0.2) is 27.4 Å². The number of aromatic nitrogens is 3. The van der Waals surface area contributed by atoms with Crippen LogP contribution < -0.4 is 0 Å². The smallest absolute Gasteiger partial charge is 0.305 e. The van der Waals surface area contributed by atoms with E-state index >= 15 is 0 Å². The molecule has 0 bridgehead atoms. The second-order valence-electron chi connectivity index (χ2n) is 4.30. The van der Waals surface area contributed by atoms with Gasteiger partial charge < -0.3 is 4.74 Å². The van der Waals surface area contributed by atoms with Crippen molar-refractivity contribution >= 4 is 22.3 Å². The highest BCUT2D eigenvalue weighted by molar-refractivity contribution is 7.15. The van der Waals surface area contributed by atoms with Gasteiger partial charge in [0.25, 0.3) is 0 Å². The number of imidazole rings is 1. The van der Waals surface area contributed by atoms with E-state index in [-0.39, 0.29) is 5.97 Å². The van der Waals surface area contributed by atoms with Crippen LogP contribution in [0.2, 0.25) is 0 Å². The molecule has 0 aromatic carbocycles. The number of aryl methyl sites for hydroxylation is 1. The van der Waals surface area contributed by atoms with Crippen molar-refractivity contribution in [1.29, 1.82) is 0 Å². The molecule has 0 spiro atoms. The van der Waals surface area contributed by atoms with E-state index in [0.29, 0.717) is 12.8 Å². The second kappa shape index (κ2) is 5.42. The lowest BCUT2D eigenvalue weighted by atomic mass is 10.2. The number of methoxy groups -OCH3 is 1. The van der Waals surface area contributed by atoms with E-state index < -0.39 is 0 Å². The van der Waals surface area contributed by atoms with Crippen LogP contribution in [0.3, 0.4) is 0 Å². The molecule has 6 heteroatoms. The van der Waals surface area contributed by atoms with Gasteiger partial charge in [-0.3, -0.25) is 14.2 Å². The van der Waals surface area contributed by atoms with Crippen LogP contribution in [-0.2, 0) is 16.0 Å². The summed E-state index contributed by atoms with van der Waals surface area (Å²) in [5.74, 6) is -0.200. The van der Waals surface area contributed by atoms with Gasteiger partial charge in [0.05, 0.1) is 19.2 Å². The maximum atomic E-state index is 11.2. The van der Waals surface area contributed by atoms with Crippen LogP contribution in [0.15, 0.2) is 36.0 Å². The Morgan fingerprint density at radius 1 is 1.40 bits per heavy atom. The molecule has 0 aliphatic heterocycles. The normalized spacial score (nSPS) is 10.8. The molecular weight excluding hydrogens is 274 g/mol. The van der Waals surface area contributed by atoms with Crippen LogP contribution in [0.1, 0.15) is 12.1 Å². The second-order valence-corrected chi connectivity index (χ2v) is 5.13. The predicted octanol–water partition coefficient (Wildman–Crippen LogP) is 2.56. The van der Waals surface area contributed by atoms with Crippen molar-refractivity contribution in [3.63, 3.8) is 0 Å². The fraction of sp³-hybridized carbons (Fsp3) is 0.214. The number of nitrogens with zero attached hydrogens (tertiary/aromatic N) is 3. The fourth-order valence-electron chi connectivity index (χ4n) is 1.98. The van der Waals surface area contributed by atoms with Gasteiger partial charge in [-0.15, -0.1) is 11.3 Å². The molecule has 3 aromatic heterocycles. The highest BCUT2D eigenvalue weighted by Gasteiger charge is 2.11. The van der Waals surface area contributed by atoms with Crippen LogP contribution in [0.5, 0.6) is 0 Å². The van der Waals surface area contributed by atoms with Crippen LogP contribution >= 0.6 is 11.3 Å². The molecule has 5 nitrogen and oxygen atoms in total. The number of hydrogen-bond acceptors (Lipinski definition) is 5. The number of fused-ring (bicyclic) bond motifs is 1. The molecule has 0 aliphatic rings. The van der Waals surface area contributed by atoms with Gasteiger partial charge in [0.2, 0.25) is 0 Å². The Hall–Kier alpha value is -2.21. The maximum absolute atomic E-state index is 11.2. The number of hydrogen-bond donors (Lipinski definition) is 0. The average Bonchev–Trinajstić information content (AvgIpc) is 3.06. The number of thiazole rings is 1. The van der Waals surface area contributed by atoms with Crippen LogP contribution in [0, 0.1) is 0 Å². The molecule has 3 heterocycles. The molecule has 0 amide bonds. The minimum Gasteiger partial charge on any atom is -0.469 e. The van der Waals surface area contributed by atoms with E-state index in [1.807, 2.05) is 34.2 Å². The molecule has 0 saturated carbocycles. The summed E-state index contributed by atoms with van der Waals surface area (Å²) in [7, 11) is 1.40. The first-order valence-electron chi connectivity index (χ1n) is 6.21. The first-order chi connectivity index (χ1) is 9.78. The van der Waals surface area contributed by atoms with Crippen LogP contribution in [0.25, 0.3) is 16.3 Å². The lowest BCUT2D eigenvalue weighted by molar-refractivity contribution is -0.140. The predicted molar refractivity (Wildman–Crippen MR) is 76.6 cm³/mol. The van der Waals surface area contributed by atoms with E-state index in [2.05, 4.69) is 14.7 Å². The molecule has 3 rings (SSSR count). The zero-order valence-electron chi connectivity index (χ0n) is 10.9.